The molecule has 0 spiro atoms. The fraction of sp³-hybridized carbons (Fsp3) is 0.667. The van der Waals surface area contributed by atoms with Crippen LogP contribution in [0.5, 0.6) is 0 Å². The van der Waals surface area contributed by atoms with Gasteiger partial charge in [-0.2, -0.15) is 0 Å². The molecule has 58 valence electrons. The maximum atomic E-state index is 10.9. The van der Waals surface area contributed by atoms with Crippen molar-refractivity contribution in [3.8, 4) is 0 Å². The first kappa shape index (κ1) is 10.3. The molecule has 0 heterocycles. The van der Waals surface area contributed by atoms with Gasteiger partial charge in [-0.3, -0.25) is 9.59 Å². The molecular formula is C6H8Br2O2. The molecular weight excluding hydrogens is 264 g/mol. The maximum absolute atomic E-state index is 10.9. The Kier molecular flexibility index (Phi) is 4.36. The Morgan fingerprint density at radius 3 is 1.30 bits per heavy atom. The number of halogens is 2. The second-order valence-corrected chi connectivity index (χ2v) is 4.71. The van der Waals surface area contributed by atoms with Gasteiger partial charge in [0.2, 0.25) is 11.6 Å². The van der Waals surface area contributed by atoms with Crippen molar-refractivity contribution in [3.63, 3.8) is 0 Å². The molecule has 0 unspecified atom stereocenters. The smallest absolute Gasteiger partial charge is 0.212 e. The highest BCUT2D eigenvalue weighted by Crippen LogP contribution is 2.06. The lowest BCUT2D eigenvalue weighted by Crippen LogP contribution is -2.27. The predicted octanol–water partition coefficient (Wildman–Crippen LogP) is 1.69. The SMILES string of the molecule is C[C@H](Br)C(=O)C(=O)[C@@H](C)Br. The van der Waals surface area contributed by atoms with Crippen LogP contribution >= 0.6 is 31.9 Å². The highest BCUT2D eigenvalue weighted by molar-refractivity contribution is 9.10. The molecule has 0 aliphatic heterocycles. The number of Topliss-reactive ketones (excluding diaryl/α,β-unsaturated/α-hetero) is 2. The number of ketones is 2. The number of carbonyl (C=O) groups excluding carboxylic acids is 2. The zero-order valence-corrected chi connectivity index (χ0v) is 8.90. The van der Waals surface area contributed by atoms with Crippen LogP contribution in [0.1, 0.15) is 13.8 Å². The van der Waals surface area contributed by atoms with Crippen molar-refractivity contribution in [3.05, 3.63) is 0 Å². The van der Waals surface area contributed by atoms with Gasteiger partial charge in [-0.1, -0.05) is 31.9 Å². The van der Waals surface area contributed by atoms with Crippen molar-refractivity contribution in [2.45, 2.75) is 23.5 Å². The minimum absolute atomic E-state index is 0.375. The average molecular weight is 272 g/mol. The summed E-state index contributed by atoms with van der Waals surface area (Å²) in [5.41, 5.74) is 0. The van der Waals surface area contributed by atoms with Gasteiger partial charge in [-0.25, -0.2) is 0 Å². The van der Waals surface area contributed by atoms with Crippen LogP contribution in [0.4, 0.5) is 0 Å². The second-order valence-electron chi connectivity index (χ2n) is 1.96. The van der Waals surface area contributed by atoms with E-state index in [9.17, 15) is 9.59 Å². The quantitative estimate of drug-likeness (QED) is 0.578. The van der Waals surface area contributed by atoms with Gasteiger partial charge in [0.15, 0.2) is 0 Å². The number of hydrogen-bond acceptors (Lipinski definition) is 2. The van der Waals surface area contributed by atoms with E-state index in [4.69, 9.17) is 0 Å². The normalized spacial score (nSPS) is 16.0. The van der Waals surface area contributed by atoms with Gasteiger partial charge in [0.1, 0.15) is 0 Å². The minimum atomic E-state index is -0.385. The van der Waals surface area contributed by atoms with Crippen LogP contribution in [0.3, 0.4) is 0 Å². The van der Waals surface area contributed by atoms with E-state index in [1.165, 1.54) is 0 Å². The lowest BCUT2D eigenvalue weighted by molar-refractivity contribution is -0.135. The van der Waals surface area contributed by atoms with E-state index in [1.807, 2.05) is 0 Å². The molecule has 0 radical (unpaired) electrons. The molecule has 0 rings (SSSR count). The summed E-state index contributed by atoms with van der Waals surface area (Å²) in [7, 11) is 0. The number of carbonyl (C=O) groups is 2. The first-order valence-electron chi connectivity index (χ1n) is 2.83. The molecule has 4 heteroatoms. The Hall–Kier alpha value is 0.300. The predicted molar refractivity (Wildman–Crippen MR) is 46.8 cm³/mol. The minimum Gasteiger partial charge on any atom is -0.290 e. The van der Waals surface area contributed by atoms with Gasteiger partial charge in [0.05, 0.1) is 9.65 Å². The Balaban J connectivity index is 4.10. The third kappa shape index (κ3) is 2.92. The zero-order valence-electron chi connectivity index (χ0n) is 5.73. The van der Waals surface area contributed by atoms with Crippen LogP contribution in [0.15, 0.2) is 0 Å². The molecule has 0 N–H and O–H groups in total. The molecule has 0 fully saturated rings. The summed E-state index contributed by atoms with van der Waals surface area (Å²) < 4.78 is 0. The Bertz CT molecular complexity index is 134. The molecule has 0 aliphatic carbocycles. The second kappa shape index (κ2) is 4.23. The van der Waals surface area contributed by atoms with Crippen molar-refractivity contribution >= 4 is 43.4 Å². The average Bonchev–Trinajstić information content (AvgIpc) is 1.84. The van der Waals surface area contributed by atoms with E-state index in [-0.39, 0.29) is 21.2 Å². The first-order valence-corrected chi connectivity index (χ1v) is 4.66. The monoisotopic (exact) mass is 270 g/mol. The molecule has 0 bridgehead atoms. The fourth-order valence-electron chi connectivity index (χ4n) is 0.392. The number of rotatable bonds is 3. The van der Waals surface area contributed by atoms with Crippen molar-refractivity contribution in [2.75, 3.05) is 0 Å². The van der Waals surface area contributed by atoms with Crippen molar-refractivity contribution in [1.82, 2.24) is 0 Å². The van der Waals surface area contributed by atoms with Crippen molar-refractivity contribution in [2.24, 2.45) is 0 Å². The molecule has 2 atom stereocenters. The molecule has 0 saturated carbocycles. The van der Waals surface area contributed by atoms with Crippen LogP contribution < -0.4 is 0 Å². The third-order valence-corrected chi connectivity index (χ3v) is 1.80. The van der Waals surface area contributed by atoms with Crippen LogP contribution in [0.25, 0.3) is 0 Å². The van der Waals surface area contributed by atoms with E-state index in [1.54, 1.807) is 13.8 Å². The number of alkyl halides is 2. The lowest BCUT2D eigenvalue weighted by atomic mass is 10.2. The Labute approximate surface area is 76.6 Å². The molecule has 0 aromatic rings. The molecule has 10 heavy (non-hydrogen) atoms. The molecule has 0 amide bonds. The van der Waals surface area contributed by atoms with E-state index in [0.717, 1.165) is 0 Å². The van der Waals surface area contributed by atoms with Gasteiger partial charge in [0, 0.05) is 0 Å². The summed E-state index contributed by atoms with van der Waals surface area (Å²) in [5.74, 6) is -0.770. The van der Waals surface area contributed by atoms with Crippen molar-refractivity contribution in [1.29, 1.82) is 0 Å². The third-order valence-electron chi connectivity index (χ3n) is 0.965. The summed E-state index contributed by atoms with van der Waals surface area (Å²) in [5, 5.41) is 0. The summed E-state index contributed by atoms with van der Waals surface area (Å²) in [4.78, 5) is 21.0. The molecule has 0 aliphatic rings. The van der Waals surface area contributed by atoms with Gasteiger partial charge in [0.25, 0.3) is 0 Å². The summed E-state index contributed by atoms with van der Waals surface area (Å²) in [6, 6.07) is 0. The Morgan fingerprint density at radius 1 is 1.00 bits per heavy atom. The van der Waals surface area contributed by atoms with Gasteiger partial charge < -0.3 is 0 Å². The van der Waals surface area contributed by atoms with Gasteiger partial charge >= 0.3 is 0 Å². The van der Waals surface area contributed by atoms with Crippen molar-refractivity contribution < 1.29 is 9.59 Å². The maximum Gasteiger partial charge on any atom is 0.212 e. The molecule has 2 nitrogen and oxygen atoms in total. The van der Waals surface area contributed by atoms with Crippen LogP contribution in [-0.4, -0.2) is 21.2 Å². The standard InChI is InChI=1S/C6H8Br2O2/c1-3(7)5(9)6(10)4(2)8/h3-4H,1-2H3/t3-,4+. The summed E-state index contributed by atoms with van der Waals surface area (Å²) in [6.07, 6.45) is 0. The van der Waals surface area contributed by atoms with Crippen LogP contribution in [0, 0.1) is 0 Å². The van der Waals surface area contributed by atoms with E-state index in [2.05, 4.69) is 31.9 Å². The largest absolute Gasteiger partial charge is 0.290 e. The lowest BCUT2D eigenvalue weighted by Gasteiger charge is -2.01. The Morgan fingerprint density at radius 2 is 1.20 bits per heavy atom. The highest BCUT2D eigenvalue weighted by atomic mass is 79.9. The van der Waals surface area contributed by atoms with E-state index < -0.39 is 0 Å². The summed E-state index contributed by atoms with van der Waals surface area (Å²) >= 11 is 6.03. The fourth-order valence-corrected chi connectivity index (χ4v) is 0.843. The molecule has 0 saturated heterocycles. The van der Waals surface area contributed by atoms with Gasteiger partial charge in [-0.05, 0) is 13.8 Å². The highest BCUT2D eigenvalue weighted by Gasteiger charge is 2.22. The molecule has 0 aromatic heterocycles. The van der Waals surface area contributed by atoms with Crippen LogP contribution in [-0.2, 0) is 9.59 Å². The first-order chi connectivity index (χ1) is 4.46. The van der Waals surface area contributed by atoms with Crippen LogP contribution in [0.2, 0.25) is 0 Å². The molecule has 0 aromatic carbocycles. The summed E-state index contributed by atoms with van der Waals surface area (Å²) in [6.45, 7) is 3.27. The van der Waals surface area contributed by atoms with Gasteiger partial charge in [-0.15, -0.1) is 0 Å². The van der Waals surface area contributed by atoms with E-state index >= 15 is 0 Å². The topological polar surface area (TPSA) is 34.1 Å². The zero-order chi connectivity index (χ0) is 8.31. The van der Waals surface area contributed by atoms with E-state index in [0.29, 0.717) is 0 Å². The number of hydrogen-bond donors (Lipinski definition) is 0.